The van der Waals surface area contributed by atoms with E-state index in [1.54, 1.807) is 25.2 Å². The summed E-state index contributed by atoms with van der Waals surface area (Å²) in [5.41, 5.74) is 4.42. The topological polar surface area (TPSA) is 71.2 Å². The van der Waals surface area contributed by atoms with Crippen molar-refractivity contribution in [1.29, 1.82) is 0 Å². The fourth-order valence-corrected chi connectivity index (χ4v) is 4.32. The summed E-state index contributed by atoms with van der Waals surface area (Å²) in [6.07, 6.45) is 0. The van der Waals surface area contributed by atoms with Crippen LogP contribution in [0.2, 0.25) is 0 Å². The van der Waals surface area contributed by atoms with Crippen LogP contribution in [0.1, 0.15) is 61.1 Å². The van der Waals surface area contributed by atoms with Gasteiger partial charge in [0.25, 0.3) is 0 Å². The Labute approximate surface area is 175 Å². The quantitative estimate of drug-likeness (QED) is 0.436. The summed E-state index contributed by atoms with van der Waals surface area (Å²) >= 11 is 1.65. The molecule has 0 saturated carbocycles. The smallest absolute Gasteiger partial charge is 0.339 e. The van der Waals surface area contributed by atoms with Gasteiger partial charge in [0.05, 0.1) is 30.5 Å². The Morgan fingerprint density at radius 1 is 1.10 bits per heavy atom. The first-order valence-corrected chi connectivity index (χ1v) is 10.4. The molecule has 0 unspecified atom stereocenters. The molecule has 6 heteroatoms. The zero-order chi connectivity index (χ0) is 21.1. The molecule has 0 aliphatic rings. The molecule has 2 N–H and O–H groups in total. The summed E-state index contributed by atoms with van der Waals surface area (Å²) in [5.74, 6) is -0.526. The Hall–Kier alpha value is -2.70. The molecule has 3 aromatic rings. The number of methoxy groups -OCH3 is 1. The second-order valence-electron chi connectivity index (χ2n) is 7.23. The van der Waals surface area contributed by atoms with Crippen LogP contribution in [0.4, 0.5) is 0 Å². The molecule has 0 spiro atoms. The van der Waals surface area contributed by atoms with Gasteiger partial charge in [-0.1, -0.05) is 35.9 Å². The minimum absolute atomic E-state index is 0.0885. The number of aryl methyl sites for hydroxylation is 2. The van der Waals surface area contributed by atoms with Crippen molar-refractivity contribution < 1.29 is 14.3 Å². The first kappa shape index (κ1) is 21.0. The summed E-state index contributed by atoms with van der Waals surface area (Å²) in [4.78, 5) is 29.4. The van der Waals surface area contributed by atoms with Crippen LogP contribution in [0.3, 0.4) is 0 Å². The number of rotatable bonds is 7. The lowest BCUT2D eigenvalue weighted by atomic mass is 10.0. The van der Waals surface area contributed by atoms with Gasteiger partial charge in [0, 0.05) is 10.6 Å². The number of H-pyrrole nitrogens is 1. The van der Waals surface area contributed by atoms with E-state index < -0.39 is 12.0 Å². The predicted molar refractivity (Wildman–Crippen MR) is 116 cm³/mol. The average molecular weight is 411 g/mol. The van der Waals surface area contributed by atoms with E-state index in [0.717, 1.165) is 10.4 Å². The monoisotopic (exact) mass is 410 g/mol. The Balaban J connectivity index is 1.89. The molecule has 152 valence electrons. The number of Topliss-reactive ketones (excluding diaryl/α,β-unsaturated/α-hetero) is 1. The lowest BCUT2D eigenvalue weighted by Gasteiger charge is -2.22. The van der Waals surface area contributed by atoms with Crippen LogP contribution in [-0.2, 0) is 4.74 Å². The molecule has 2 heterocycles. The molecule has 0 aliphatic carbocycles. The van der Waals surface area contributed by atoms with Crippen molar-refractivity contribution in [2.75, 3.05) is 7.11 Å². The van der Waals surface area contributed by atoms with Crippen molar-refractivity contribution in [3.63, 3.8) is 0 Å². The molecule has 0 amide bonds. The van der Waals surface area contributed by atoms with Gasteiger partial charge < -0.3 is 9.72 Å². The number of hydrogen-bond acceptors (Lipinski definition) is 5. The predicted octanol–water partition coefficient (Wildman–Crippen LogP) is 4.74. The van der Waals surface area contributed by atoms with Gasteiger partial charge in [-0.3, -0.25) is 10.1 Å². The maximum atomic E-state index is 13.2. The number of benzene rings is 1. The van der Waals surface area contributed by atoms with Crippen molar-refractivity contribution in [2.45, 2.75) is 39.8 Å². The highest BCUT2D eigenvalue weighted by atomic mass is 32.1. The van der Waals surface area contributed by atoms with Crippen molar-refractivity contribution in [3.8, 4) is 0 Å². The van der Waals surface area contributed by atoms with Gasteiger partial charge in [-0.25, -0.2) is 4.79 Å². The minimum Gasteiger partial charge on any atom is -0.465 e. The summed E-state index contributed by atoms with van der Waals surface area (Å²) < 4.78 is 4.85. The highest BCUT2D eigenvalue weighted by Gasteiger charge is 2.27. The lowest BCUT2D eigenvalue weighted by molar-refractivity contribution is 0.0599. The molecular formula is C23H26N2O3S. The Kier molecular flexibility index (Phi) is 6.35. The molecule has 0 fully saturated rings. The van der Waals surface area contributed by atoms with E-state index in [1.807, 2.05) is 18.4 Å². The first-order chi connectivity index (χ1) is 13.8. The van der Waals surface area contributed by atoms with Crippen molar-refractivity contribution in [3.05, 3.63) is 80.3 Å². The molecule has 0 aliphatic heterocycles. The lowest BCUT2D eigenvalue weighted by Crippen LogP contribution is -2.37. The molecular weight excluding hydrogens is 384 g/mol. The van der Waals surface area contributed by atoms with E-state index in [1.165, 1.54) is 12.7 Å². The van der Waals surface area contributed by atoms with E-state index in [2.05, 4.69) is 47.6 Å². The molecule has 0 radical (unpaired) electrons. The maximum absolute atomic E-state index is 13.2. The molecule has 2 aromatic heterocycles. The Morgan fingerprint density at radius 3 is 2.38 bits per heavy atom. The van der Waals surface area contributed by atoms with E-state index >= 15 is 0 Å². The fourth-order valence-electron chi connectivity index (χ4n) is 3.50. The van der Waals surface area contributed by atoms with Crippen LogP contribution in [-0.4, -0.2) is 29.9 Å². The van der Waals surface area contributed by atoms with Gasteiger partial charge in [0.15, 0.2) is 5.78 Å². The highest BCUT2D eigenvalue weighted by Crippen LogP contribution is 2.28. The average Bonchev–Trinajstić information content (AvgIpc) is 3.34. The van der Waals surface area contributed by atoms with Crippen LogP contribution in [0, 0.1) is 20.8 Å². The molecule has 0 bridgehead atoms. The number of aromatic nitrogens is 1. The third-order valence-corrected chi connectivity index (χ3v) is 6.06. The largest absolute Gasteiger partial charge is 0.465 e. The van der Waals surface area contributed by atoms with E-state index in [0.29, 0.717) is 22.5 Å². The summed E-state index contributed by atoms with van der Waals surface area (Å²) in [6, 6.07) is 11.9. The van der Waals surface area contributed by atoms with Crippen LogP contribution < -0.4 is 5.32 Å². The number of aromatic amines is 1. The normalized spacial score (nSPS) is 13.1. The van der Waals surface area contributed by atoms with Gasteiger partial charge in [-0.05, 0) is 50.3 Å². The van der Waals surface area contributed by atoms with E-state index in [4.69, 9.17) is 4.74 Å². The standard InChI is InChI=1S/C23H26N2O3S/c1-13-8-10-17(11-9-13)21(18-7-6-12-29-18)25-16(4)22(26)20-14(2)19(15(3)24-20)23(27)28-5/h6-12,16,21,24-25H,1-5H3/t16-,21-/m0/s1. The van der Waals surface area contributed by atoms with Gasteiger partial charge in [-0.15, -0.1) is 11.3 Å². The third kappa shape index (κ3) is 4.33. The maximum Gasteiger partial charge on any atom is 0.339 e. The zero-order valence-corrected chi connectivity index (χ0v) is 18.1. The molecule has 29 heavy (non-hydrogen) atoms. The zero-order valence-electron chi connectivity index (χ0n) is 17.3. The van der Waals surface area contributed by atoms with Gasteiger partial charge in [-0.2, -0.15) is 0 Å². The third-order valence-electron chi connectivity index (χ3n) is 5.12. The Morgan fingerprint density at radius 2 is 1.79 bits per heavy atom. The number of nitrogens with one attached hydrogen (secondary N) is 2. The SMILES string of the molecule is COC(=O)c1c(C)[nH]c(C(=O)[C@H](C)N[C@@H](c2ccc(C)cc2)c2cccs2)c1C. The number of ketones is 1. The van der Waals surface area contributed by atoms with Crippen LogP contribution in [0.15, 0.2) is 41.8 Å². The highest BCUT2D eigenvalue weighted by molar-refractivity contribution is 7.10. The van der Waals surface area contributed by atoms with Crippen LogP contribution in [0.5, 0.6) is 0 Å². The number of carbonyl (C=O) groups excluding carboxylic acids is 2. The van der Waals surface area contributed by atoms with Crippen molar-refractivity contribution in [1.82, 2.24) is 10.3 Å². The number of thiophene rings is 1. The van der Waals surface area contributed by atoms with Crippen LogP contribution >= 0.6 is 11.3 Å². The van der Waals surface area contributed by atoms with Gasteiger partial charge >= 0.3 is 5.97 Å². The number of carbonyl (C=O) groups is 2. The van der Waals surface area contributed by atoms with Gasteiger partial charge in [0.2, 0.25) is 0 Å². The first-order valence-electron chi connectivity index (χ1n) is 9.51. The molecule has 5 nitrogen and oxygen atoms in total. The summed E-state index contributed by atoms with van der Waals surface area (Å²) in [5, 5.41) is 5.51. The molecule has 1 aromatic carbocycles. The van der Waals surface area contributed by atoms with E-state index in [9.17, 15) is 9.59 Å². The molecule has 2 atom stereocenters. The second-order valence-corrected chi connectivity index (χ2v) is 8.21. The summed E-state index contributed by atoms with van der Waals surface area (Å²) in [6.45, 7) is 7.45. The minimum atomic E-state index is -0.453. The number of hydrogen-bond donors (Lipinski definition) is 2. The second kappa shape index (κ2) is 8.76. The molecule has 0 saturated heterocycles. The summed E-state index contributed by atoms with van der Waals surface area (Å²) in [7, 11) is 1.34. The number of esters is 1. The van der Waals surface area contributed by atoms with E-state index in [-0.39, 0.29) is 11.8 Å². The van der Waals surface area contributed by atoms with Crippen LogP contribution in [0.25, 0.3) is 0 Å². The van der Waals surface area contributed by atoms with Crippen molar-refractivity contribution >= 4 is 23.1 Å². The molecule has 3 rings (SSSR count). The van der Waals surface area contributed by atoms with Gasteiger partial charge in [0.1, 0.15) is 0 Å². The van der Waals surface area contributed by atoms with Crippen molar-refractivity contribution in [2.24, 2.45) is 0 Å². The Bertz CT molecular complexity index is 1000. The number of ether oxygens (including phenoxy) is 1. The fraction of sp³-hybridized carbons (Fsp3) is 0.304.